The number of hydrogen-bond donors (Lipinski definition) is 2. The number of carboxylic acids is 1. The van der Waals surface area contributed by atoms with Gasteiger partial charge in [-0.25, -0.2) is 0 Å². The molecule has 1 heterocycles. The van der Waals surface area contributed by atoms with Crippen LogP contribution in [0.25, 0.3) is 0 Å². The number of carbonyl (C=O) groups is 4. The molecular weight excluding hydrogens is 288 g/mol. The molecule has 0 radical (unpaired) electrons. The molecule has 0 aromatic heterocycles. The highest BCUT2D eigenvalue weighted by Crippen LogP contribution is 2.14. The minimum Gasteiger partial charge on any atom is -0.480 e. The average molecular weight is 302 g/mol. The molecule has 0 saturated carbocycles. The Morgan fingerprint density at radius 1 is 1.09 bits per heavy atom. The van der Waals surface area contributed by atoms with Crippen LogP contribution in [-0.4, -0.2) is 46.3 Å². The summed E-state index contributed by atoms with van der Waals surface area (Å²) in [5.41, 5.74) is 0.755. The van der Waals surface area contributed by atoms with Crippen molar-refractivity contribution < 1.29 is 24.3 Å². The van der Waals surface area contributed by atoms with Gasteiger partial charge in [-0.1, -0.05) is 30.3 Å². The first-order chi connectivity index (χ1) is 10.5. The zero-order valence-electron chi connectivity index (χ0n) is 11.6. The summed E-state index contributed by atoms with van der Waals surface area (Å²) < 4.78 is 0. The van der Waals surface area contributed by atoms with Crippen LogP contribution >= 0.6 is 0 Å². The van der Waals surface area contributed by atoms with E-state index in [-0.39, 0.29) is 6.42 Å². The van der Waals surface area contributed by atoms with Gasteiger partial charge in [-0.05, 0) is 5.56 Å². The second kappa shape index (κ2) is 6.66. The second-order valence-electron chi connectivity index (χ2n) is 4.70. The number of rotatable bonds is 6. The Balaban J connectivity index is 2.20. The minimum atomic E-state index is -1.20. The Kier molecular flexibility index (Phi) is 4.67. The summed E-state index contributed by atoms with van der Waals surface area (Å²) in [6.45, 7) is -0.576. The Morgan fingerprint density at radius 2 is 1.68 bits per heavy atom. The molecule has 7 heteroatoms. The fourth-order valence-electron chi connectivity index (χ4n) is 2.14. The Hall–Kier alpha value is -2.96. The Labute approximate surface area is 126 Å². The molecule has 22 heavy (non-hydrogen) atoms. The van der Waals surface area contributed by atoms with Crippen molar-refractivity contribution in [3.05, 3.63) is 48.0 Å². The van der Waals surface area contributed by atoms with E-state index in [4.69, 9.17) is 5.11 Å². The van der Waals surface area contributed by atoms with E-state index in [1.165, 1.54) is 0 Å². The molecule has 0 saturated heterocycles. The topological polar surface area (TPSA) is 104 Å². The van der Waals surface area contributed by atoms with E-state index in [1.54, 1.807) is 30.3 Å². The maximum Gasteiger partial charge on any atom is 0.322 e. The average Bonchev–Trinajstić information content (AvgIpc) is 2.82. The molecule has 1 aliphatic heterocycles. The summed E-state index contributed by atoms with van der Waals surface area (Å²) in [6, 6.07) is 7.78. The van der Waals surface area contributed by atoms with Crippen LogP contribution in [0.3, 0.4) is 0 Å². The van der Waals surface area contributed by atoms with Crippen LogP contribution in [0.5, 0.6) is 0 Å². The summed E-state index contributed by atoms with van der Waals surface area (Å²) in [5, 5.41) is 10.8. The lowest BCUT2D eigenvalue weighted by Crippen LogP contribution is -2.51. The van der Waals surface area contributed by atoms with Crippen LogP contribution in [0.15, 0.2) is 42.5 Å². The first-order valence-corrected chi connectivity index (χ1v) is 6.57. The van der Waals surface area contributed by atoms with Crippen LogP contribution < -0.4 is 5.32 Å². The van der Waals surface area contributed by atoms with E-state index < -0.39 is 36.3 Å². The van der Waals surface area contributed by atoms with Crippen molar-refractivity contribution in [2.24, 2.45) is 0 Å². The highest BCUT2D eigenvalue weighted by Gasteiger charge is 2.35. The van der Waals surface area contributed by atoms with E-state index in [2.05, 4.69) is 5.32 Å². The molecule has 2 rings (SSSR count). The van der Waals surface area contributed by atoms with Gasteiger partial charge in [0.15, 0.2) is 0 Å². The van der Waals surface area contributed by atoms with Gasteiger partial charge in [-0.15, -0.1) is 0 Å². The number of benzene rings is 1. The lowest BCUT2D eigenvalue weighted by atomic mass is 10.0. The van der Waals surface area contributed by atoms with E-state index >= 15 is 0 Å². The molecule has 1 aliphatic rings. The van der Waals surface area contributed by atoms with Crippen LogP contribution in [0.1, 0.15) is 5.56 Å². The lowest BCUT2D eigenvalue weighted by molar-refractivity contribution is -0.145. The van der Waals surface area contributed by atoms with Gasteiger partial charge < -0.3 is 10.4 Å². The molecule has 1 atom stereocenters. The van der Waals surface area contributed by atoms with Crippen molar-refractivity contribution in [2.75, 3.05) is 6.54 Å². The van der Waals surface area contributed by atoms with Gasteiger partial charge in [0.1, 0.15) is 12.6 Å². The zero-order valence-corrected chi connectivity index (χ0v) is 11.6. The van der Waals surface area contributed by atoms with Crippen LogP contribution in [0.4, 0.5) is 0 Å². The lowest BCUT2D eigenvalue weighted by Gasteiger charge is -2.25. The SMILES string of the molecule is O=C(O)CNC(=O)[C@H](Cc1ccccc1)N1C(=O)C=CC1=O. The quantitative estimate of drug-likeness (QED) is 0.704. The fourth-order valence-corrected chi connectivity index (χ4v) is 2.14. The second-order valence-corrected chi connectivity index (χ2v) is 4.70. The van der Waals surface area contributed by atoms with E-state index in [0.29, 0.717) is 0 Å². The smallest absolute Gasteiger partial charge is 0.322 e. The van der Waals surface area contributed by atoms with Crippen molar-refractivity contribution in [3.63, 3.8) is 0 Å². The van der Waals surface area contributed by atoms with Crippen molar-refractivity contribution in [2.45, 2.75) is 12.5 Å². The Morgan fingerprint density at radius 3 is 2.23 bits per heavy atom. The van der Waals surface area contributed by atoms with Crippen LogP contribution in [0, 0.1) is 0 Å². The monoisotopic (exact) mass is 302 g/mol. The van der Waals surface area contributed by atoms with Crippen molar-refractivity contribution in [3.8, 4) is 0 Å². The molecule has 0 unspecified atom stereocenters. The summed E-state index contributed by atoms with van der Waals surface area (Å²) in [5.74, 6) is -3.06. The first kappa shape index (κ1) is 15.4. The summed E-state index contributed by atoms with van der Waals surface area (Å²) in [4.78, 5) is 47.1. The van der Waals surface area contributed by atoms with Crippen LogP contribution in [0.2, 0.25) is 0 Å². The molecule has 1 aromatic carbocycles. The van der Waals surface area contributed by atoms with Gasteiger partial charge in [0.25, 0.3) is 11.8 Å². The van der Waals surface area contributed by atoms with E-state index in [9.17, 15) is 19.2 Å². The molecule has 1 aromatic rings. The summed E-state index contributed by atoms with van der Waals surface area (Å²) >= 11 is 0. The zero-order chi connectivity index (χ0) is 16.1. The van der Waals surface area contributed by atoms with E-state index in [0.717, 1.165) is 22.6 Å². The van der Waals surface area contributed by atoms with Gasteiger partial charge in [-0.3, -0.25) is 24.1 Å². The maximum atomic E-state index is 12.2. The molecule has 0 fully saturated rings. The molecule has 0 aliphatic carbocycles. The van der Waals surface area contributed by atoms with Gasteiger partial charge in [0, 0.05) is 18.6 Å². The molecule has 0 bridgehead atoms. The standard InChI is InChI=1S/C15H14N2O5/c18-12-6-7-13(19)17(12)11(15(22)16-9-14(20)21)8-10-4-2-1-3-5-10/h1-7,11H,8-9H2,(H,16,22)(H,20,21)/t11-/m0/s1. The number of imide groups is 1. The Bertz CT molecular complexity index is 621. The highest BCUT2D eigenvalue weighted by atomic mass is 16.4. The molecule has 0 spiro atoms. The predicted molar refractivity (Wildman–Crippen MR) is 75.6 cm³/mol. The molecule has 3 amide bonds. The number of nitrogens with zero attached hydrogens (tertiary/aromatic N) is 1. The number of nitrogens with one attached hydrogen (secondary N) is 1. The fraction of sp³-hybridized carbons (Fsp3) is 0.200. The van der Waals surface area contributed by atoms with Gasteiger partial charge >= 0.3 is 5.97 Å². The van der Waals surface area contributed by atoms with Gasteiger partial charge in [-0.2, -0.15) is 0 Å². The predicted octanol–water partition coefficient (Wildman–Crippen LogP) is -0.276. The van der Waals surface area contributed by atoms with Gasteiger partial charge in [0.2, 0.25) is 5.91 Å². The minimum absolute atomic E-state index is 0.117. The number of hydrogen-bond acceptors (Lipinski definition) is 4. The summed E-state index contributed by atoms with van der Waals surface area (Å²) in [7, 11) is 0. The van der Waals surface area contributed by atoms with Crippen LogP contribution in [-0.2, 0) is 25.6 Å². The molecule has 2 N–H and O–H groups in total. The summed E-state index contributed by atoms with van der Waals surface area (Å²) in [6.07, 6.45) is 2.29. The highest BCUT2D eigenvalue weighted by molar-refractivity contribution is 6.15. The normalized spacial score (nSPS) is 15.0. The maximum absolute atomic E-state index is 12.2. The van der Waals surface area contributed by atoms with E-state index in [1.807, 2.05) is 0 Å². The van der Waals surface area contributed by atoms with Crippen molar-refractivity contribution >= 4 is 23.7 Å². The third-order valence-corrected chi connectivity index (χ3v) is 3.14. The third-order valence-electron chi connectivity index (χ3n) is 3.14. The molecular formula is C15H14N2O5. The van der Waals surface area contributed by atoms with Crippen molar-refractivity contribution in [1.29, 1.82) is 0 Å². The molecule has 7 nitrogen and oxygen atoms in total. The number of carboxylic acid groups (broad SMARTS) is 1. The first-order valence-electron chi connectivity index (χ1n) is 6.57. The molecule has 114 valence electrons. The van der Waals surface area contributed by atoms with Crippen molar-refractivity contribution in [1.82, 2.24) is 10.2 Å². The number of carbonyl (C=O) groups excluding carboxylic acids is 3. The third kappa shape index (κ3) is 3.57. The van der Waals surface area contributed by atoms with Gasteiger partial charge in [0.05, 0.1) is 0 Å². The largest absolute Gasteiger partial charge is 0.480 e. The number of amides is 3. The number of aliphatic carboxylic acids is 1.